The molecule has 1 aromatic carbocycles. The molecule has 0 aliphatic heterocycles. The first-order valence-electron chi connectivity index (χ1n) is 6.22. The third kappa shape index (κ3) is 3.29. The number of allylic oxidation sites excluding steroid dienone is 1. The predicted octanol–water partition coefficient (Wildman–Crippen LogP) is 3.26. The van der Waals surface area contributed by atoms with Gasteiger partial charge in [-0.1, -0.05) is 11.6 Å². The largest absolute Gasteiger partial charge is 0.503 e. The van der Waals surface area contributed by atoms with Crippen LogP contribution in [0, 0.1) is 11.6 Å². The quantitative estimate of drug-likeness (QED) is 0.623. The van der Waals surface area contributed by atoms with Gasteiger partial charge in [-0.15, -0.1) is 0 Å². The molecular formula is C14H17F2NO. The maximum Gasteiger partial charge on any atom is 0.187 e. The van der Waals surface area contributed by atoms with Crippen molar-refractivity contribution in [1.82, 2.24) is 5.32 Å². The van der Waals surface area contributed by atoms with E-state index in [1.54, 1.807) is 0 Å². The Morgan fingerprint density at radius 1 is 1.22 bits per heavy atom. The topological polar surface area (TPSA) is 32.3 Å². The minimum Gasteiger partial charge on any atom is -0.503 e. The second kappa shape index (κ2) is 5.96. The minimum atomic E-state index is -0.912. The van der Waals surface area contributed by atoms with Gasteiger partial charge in [0.05, 0.1) is 0 Å². The van der Waals surface area contributed by atoms with E-state index in [4.69, 9.17) is 5.11 Å². The molecule has 98 valence electrons. The Labute approximate surface area is 105 Å². The lowest BCUT2D eigenvalue weighted by Crippen LogP contribution is -2.15. The van der Waals surface area contributed by atoms with E-state index in [-0.39, 0.29) is 0 Å². The summed E-state index contributed by atoms with van der Waals surface area (Å²) >= 11 is 0. The highest BCUT2D eigenvalue weighted by Crippen LogP contribution is 2.22. The Bertz CT molecular complexity index is 434. The Hall–Kier alpha value is -1.42. The molecule has 0 bridgehead atoms. The van der Waals surface area contributed by atoms with E-state index in [2.05, 4.69) is 11.4 Å². The van der Waals surface area contributed by atoms with Gasteiger partial charge in [0.25, 0.3) is 0 Å². The zero-order valence-corrected chi connectivity index (χ0v) is 10.2. The van der Waals surface area contributed by atoms with Gasteiger partial charge in [0.1, 0.15) is 0 Å². The lowest BCUT2D eigenvalue weighted by Gasteiger charge is -2.07. The predicted molar refractivity (Wildman–Crippen MR) is 66.3 cm³/mol. The summed E-state index contributed by atoms with van der Waals surface area (Å²) in [6.45, 7) is 1.21. The number of phenols is 1. The molecule has 0 saturated carbocycles. The number of halogens is 2. The lowest BCUT2D eigenvalue weighted by molar-refractivity contribution is 0.395. The number of hydrogen-bond donors (Lipinski definition) is 2. The molecule has 2 N–H and O–H groups in total. The van der Waals surface area contributed by atoms with E-state index in [9.17, 15) is 8.78 Å². The van der Waals surface area contributed by atoms with E-state index in [0.717, 1.165) is 25.1 Å². The van der Waals surface area contributed by atoms with Crippen LogP contribution in [0.25, 0.3) is 0 Å². The van der Waals surface area contributed by atoms with E-state index < -0.39 is 17.4 Å². The monoisotopic (exact) mass is 253 g/mol. The highest BCUT2D eigenvalue weighted by Gasteiger charge is 2.09. The van der Waals surface area contributed by atoms with Gasteiger partial charge in [-0.3, -0.25) is 0 Å². The summed E-state index contributed by atoms with van der Waals surface area (Å²) in [4.78, 5) is 0. The van der Waals surface area contributed by atoms with Crippen molar-refractivity contribution in [3.63, 3.8) is 0 Å². The highest BCUT2D eigenvalue weighted by molar-refractivity contribution is 5.29. The van der Waals surface area contributed by atoms with Crippen LogP contribution in [-0.2, 0) is 6.54 Å². The molecule has 0 aromatic heterocycles. The van der Waals surface area contributed by atoms with Gasteiger partial charge in [0.2, 0.25) is 0 Å². The van der Waals surface area contributed by atoms with E-state index in [1.165, 1.54) is 24.8 Å². The van der Waals surface area contributed by atoms with E-state index in [1.807, 2.05) is 0 Å². The fraction of sp³-hybridized carbons (Fsp3) is 0.429. The summed E-state index contributed by atoms with van der Waals surface area (Å²) in [5, 5.41) is 12.1. The zero-order valence-electron chi connectivity index (χ0n) is 10.2. The maximum atomic E-state index is 13.1. The standard InChI is InChI=1S/C14H17F2NO/c15-12-7-11(8-13(16)14(12)18)9-17-6-5-10-3-1-2-4-10/h3,7-8,17-18H,1-2,4-6,9H2. The second-order valence-electron chi connectivity index (χ2n) is 4.59. The van der Waals surface area contributed by atoms with Crippen molar-refractivity contribution in [3.05, 3.63) is 41.0 Å². The molecule has 1 aliphatic rings. The molecule has 0 saturated heterocycles. The molecule has 1 aliphatic carbocycles. The van der Waals surface area contributed by atoms with Crippen molar-refractivity contribution >= 4 is 0 Å². The normalized spacial score (nSPS) is 14.9. The number of rotatable bonds is 5. The second-order valence-corrected chi connectivity index (χ2v) is 4.59. The van der Waals surface area contributed by atoms with Gasteiger partial charge >= 0.3 is 0 Å². The Morgan fingerprint density at radius 2 is 1.94 bits per heavy atom. The molecule has 0 unspecified atom stereocenters. The van der Waals surface area contributed by atoms with Crippen molar-refractivity contribution in [2.75, 3.05) is 6.54 Å². The molecule has 0 spiro atoms. The summed E-state index contributed by atoms with van der Waals surface area (Å²) in [5.74, 6) is -2.73. The Morgan fingerprint density at radius 3 is 2.56 bits per heavy atom. The van der Waals surface area contributed by atoms with Crippen molar-refractivity contribution < 1.29 is 13.9 Å². The minimum absolute atomic E-state index is 0.404. The van der Waals surface area contributed by atoms with Crippen LogP contribution in [0.5, 0.6) is 5.75 Å². The molecule has 18 heavy (non-hydrogen) atoms. The summed E-state index contributed by atoms with van der Waals surface area (Å²) in [6, 6.07) is 2.31. The smallest absolute Gasteiger partial charge is 0.187 e. The molecule has 4 heteroatoms. The van der Waals surface area contributed by atoms with Crippen LogP contribution in [0.2, 0.25) is 0 Å². The first kappa shape index (κ1) is 13.0. The third-order valence-electron chi connectivity index (χ3n) is 3.16. The molecule has 2 nitrogen and oxygen atoms in total. The first-order valence-corrected chi connectivity index (χ1v) is 6.22. The van der Waals surface area contributed by atoms with Crippen LogP contribution >= 0.6 is 0 Å². The highest BCUT2D eigenvalue weighted by atomic mass is 19.1. The zero-order chi connectivity index (χ0) is 13.0. The molecule has 0 radical (unpaired) electrons. The molecule has 1 aromatic rings. The number of hydrogen-bond acceptors (Lipinski definition) is 2. The number of nitrogens with one attached hydrogen (secondary N) is 1. The van der Waals surface area contributed by atoms with Gasteiger partial charge in [0.15, 0.2) is 17.4 Å². The summed E-state index contributed by atoms with van der Waals surface area (Å²) < 4.78 is 26.1. The Balaban J connectivity index is 1.79. The average molecular weight is 253 g/mol. The lowest BCUT2D eigenvalue weighted by atomic mass is 10.1. The van der Waals surface area contributed by atoms with Gasteiger partial charge in [0, 0.05) is 6.54 Å². The Kier molecular flexibility index (Phi) is 4.31. The van der Waals surface area contributed by atoms with Gasteiger partial charge in [-0.2, -0.15) is 0 Å². The van der Waals surface area contributed by atoms with E-state index in [0.29, 0.717) is 12.1 Å². The van der Waals surface area contributed by atoms with Crippen molar-refractivity contribution in [1.29, 1.82) is 0 Å². The molecule has 0 amide bonds. The van der Waals surface area contributed by atoms with E-state index >= 15 is 0 Å². The van der Waals surface area contributed by atoms with Crippen LogP contribution in [0.3, 0.4) is 0 Å². The fourth-order valence-corrected chi connectivity index (χ4v) is 2.17. The summed E-state index contributed by atoms with van der Waals surface area (Å²) in [6.07, 6.45) is 6.84. The van der Waals surface area contributed by atoms with Crippen LogP contribution in [-0.4, -0.2) is 11.7 Å². The maximum absolute atomic E-state index is 13.1. The third-order valence-corrected chi connectivity index (χ3v) is 3.16. The molecule has 0 atom stereocenters. The SMILES string of the molecule is Oc1c(F)cc(CNCCC2=CCCC2)cc1F. The van der Waals surface area contributed by atoms with Crippen LogP contribution in [0.4, 0.5) is 8.78 Å². The van der Waals surface area contributed by atoms with Crippen molar-refractivity contribution in [2.45, 2.75) is 32.2 Å². The first-order chi connectivity index (χ1) is 8.66. The van der Waals surface area contributed by atoms with Crippen LogP contribution < -0.4 is 5.32 Å². The molecule has 0 heterocycles. The van der Waals surface area contributed by atoms with Gasteiger partial charge < -0.3 is 10.4 Å². The number of benzene rings is 1. The molecule has 2 rings (SSSR count). The molecular weight excluding hydrogens is 236 g/mol. The number of aromatic hydroxyl groups is 1. The number of phenolic OH excluding ortho intramolecular Hbond substituents is 1. The van der Waals surface area contributed by atoms with Crippen molar-refractivity contribution in [3.8, 4) is 5.75 Å². The van der Waals surface area contributed by atoms with Gasteiger partial charge in [-0.05, 0) is 49.9 Å². The summed E-state index contributed by atoms with van der Waals surface area (Å²) in [7, 11) is 0. The van der Waals surface area contributed by atoms with Crippen molar-refractivity contribution in [2.24, 2.45) is 0 Å². The summed E-state index contributed by atoms with van der Waals surface area (Å²) in [5.41, 5.74) is 1.97. The van der Waals surface area contributed by atoms with Gasteiger partial charge in [-0.25, -0.2) is 8.78 Å². The molecule has 0 fully saturated rings. The average Bonchev–Trinajstić information content (AvgIpc) is 2.84. The van der Waals surface area contributed by atoms with Crippen LogP contribution in [0.1, 0.15) is 31.2 Å². The van der Waals surface area contributed by atoms with Crippen LogP contribution in [0.15, 0.2) is 23.8 Å². The fourth-order valence-electron chi connectivity index (χ4n) is 2.17.